The lowest BCUT2D eigenvalue weighted by atomic mass is 10.1. The number of hydrogen-bond acceptors (Lipinski definition) is 10. The second kappa shape index (κ2) is 16.7. The van der Waals surface area contributed by atoms with E-state index in [0.29, 0.717) is 12.3 Å². The van der Waals surface area contributed by atoms with Crippen LogP contribution in [0.5, 0.6) is 5.75 Å². The maximum Gasteiger partial charge on any atom is 0.278 e. The van der Waals surface area contributed by atoms with E-state index in [4.69, 9.17) is 15.0 Å². The molecule has 1 aromatic carbocycles. The first-order valence-electron chi connectivity index (χ1n) is 12.4. The maximum absolute atomic E-state index is 12.3. The zero-order chi connectivity index (χ0) is 31.3. The summed E-state index contributed by atoms with van der Waals surface area (Å²) in [6, 6.07) is 10.9. The number of pyridine rings is 1. The van der Waals surface area contributed by atoms with E-state index in [1.807, 2.05) is 24.4 Å². The molecule has 230 valence electrons. The molecule has 14 nitrogen and oxygen atoms in total. The zero-order valence-corrected chi connectivity index (χ0v) is 26.3. The fourth-order valence-electron chi connectivity index (χ4n) is 3.45. The van der Waals surface area contributed by atoms with E-state index in [-0.39, 0.29) is 19.6 Å². The minimum atomic E-state index is -4.97. The smallest absolute Gasteiger partial charge is 0.278 e. The molecular weight excluding hydrogens is 705 g/mol. The molecule has 0 radical (unpaired) electrons. The number of nitrogens with zero attached hydrogens (tertiary/aromatic N) is 1. The average Bonchev–Trinajstić information content (AvgIpc) is 2.90. The molecule has 0 spiro atoms. The van der Waals surface area contributed by atoms with Crippen molar-refractivity contribution >= 4 is 54.6 Å². The van der Waals surface area contributed by atoms with Crippen LogP contribution in [0.3, 0.4) is 0 Å². The van der Waals surface area contributed by atoms with Crippen molar-refractivity contribution in [2.75, 3.05) is 30.8 Å². The highest BCUT2D eigenvalue weighted by Crippen LogP contribution is 2.12. The van der Waals surface area contributed by atoms with Gasteiger partial charge in [-0.15, -0.1) is 0 Å². The number of nitrogens with one attached hydrogen (secondary N) is 3. The fraction of sp³-hybridized carbons (Fsp3) is 0.400. The van der Waals surface area contributed by atoms with Crippen molar-refractivity contribution in [3.63, 3.8) is 0 Å². The summed E-state index contributed by atoms with van der Waals surface area (Å²) < 4.78 is 70.4. The number of ether oxygens (including phenoxy) is 1. The van der Waals surface area contributed by atoms with E-state index < -0.39 is 55.6 Å². The SMILES string of the molecule is Cc1cc(C#Cc2ccc(OCCCNC(=O)C(CNC(=O)C(CN)S(=O)(=O)O)S(=O)(=O)O)cc2)cc(CNCI)n1. The number of benzene rings is 1. The third kappa shape index (κ3) is 12.2. The van der Waals surface area contributed by atoms with Crippen LogP contribution in [0.2, 0.25) is 0 Å². The van der Waals surface area contributed by atoms with E-state index in [1.165, 1.54) is 0 Å². The van der Waals surface area contributed by atoms with Crippen molar-refractivity contribution in [3.05, 3.63) is 58.9 Å². The molecule has 0 fully saturated rings. The quantitative estimate of drug-likeness (QED) is 0.0347. The van der Waals surface area contributed by atoms with E-state index in [1.54, 1.807) is 24.3 Å². The molecule has 2 aromatic rings. The Hall–Kier alpha value is -2.86. The molecule has 0 bridgehead atoms. The van der Waals surface area contributed by atoms with Gasteiger partial charge in [-0.05, 0) is 49.7 Å². The Balaban J connectivity index is 1.84. The number of amides is 2. The van der Waals surface area contributed by atoms with Gasteiger partial charge in [-0.3, -0.25) is 23.7 Å². The Bertz CT molecular complexity index is 1510. The van der Waals surface area contributed by atoms with Crippen LogP contribution in [0, 0.1) is 18.8 Å². The second-order valence-corrected chi connectivity index (χ2v) is 12.8. The highest BCUT2D eigenvalue weighted by Gasteiger charge is 2.34. The second-order valence-electron chi connectivity index (χ2n) is 8.80. The van der Waals surface area contributed by atoms with Crippen molar-refractivity contribution < 1.29 is 40.3 Å². The lowest BCUT2D eigenvalue weighted by molar-refractivity contribution is -0.121. The number of alkyl halides is 1. The normalized spacial score (nSPS) is 12.9. The molecule has 17 heteroatoms. The van der Waals surface area contributed by atoms with Crippen LogP contribution in [-0.2, 0) is 36.4 Å². The number of nitrogens with two attached hydrogens (primary N) is 1. The fourth-order valence-corrected chi connectivity index (χ4v) is 4.96. The van der Waals surface area contributed by atoms with Crippen molar-refractivity contribution in [1.29, 1.82) is 0 Å². The molecule has 42 heavy (non-hydrogen) atoms. The number of rotatable bonds is 15. The molecule has 2 rings (SSSR count). The minimum absolute atomic E-state index is 0.0283. The van der Waals surface area contributed by atoms with Crippen LogP contribution in [0.4, 0.5) is 0 Å². The van der Waals surface area contributed by atoms with E-state index in [0.717, 1.165) is 27.1 Å². The average molecular weight is 738 g/mol. The first-order chi connectivity index (χ1) is 19.7. The summed E-state index contributed by atoms with van der Waals surface area (Å²) in [6.07, 6.45) is 0.270. The first kappa shape index (κ1) is 35.3. The van der Waals surface area contributed by atoms with Crippen LogP contribution < -0.4 is 26.4 Å². The summed E-state index contributed by atoms with van der Waals surface area (Å²) in [7, 11) is -9.83. The van der Waals surface area contributed by atoms with Gasteiger partial charge in [0.25, 0.3) is 20.2 Å². The molecule has 0 aliphatic heterocycles. The van der Waals surface area contributed by atoms with Crippen molar-refractivity contribution in [1.82, 2.24) is 20.9 Å². The topological polar surface area (TPSA) is 227 Å². The van der Waals surface area contributed by atoms with Gasteiger partial charge in [0.2, 0.25) is 11.8 Å². The molecular formula is C25H32IN5O9S2. The number of carbonyl (C=O) groups excluding carboxylic acids is 2. The molecule has 2 unspecified atom stereocenters. The molecule has 0 aliphatic carbocycles. The molecule has 0 saturated carbocycles. The van der Waals surface area contributed by atoms with Gasteiger partial charge < -0.3 is 26.4 Å². The summed E-state index contributed by atoms with van der Waals surface area (Å²) in [6.45, 7) is 0.974. The number of hydrogen-bond donors (Lipinski definition) is 6. The predicted octanol–water partition coefficient (Wildman–Crippen LogP) is -0.255. The van der Waals surface area contributed by atoms with E-state index >= 15 is 0 Å². The summed E-state index contributed by atoms with van der Waals surface area (Å²) in [5.41, 5.74) is 8.56. The Morgan fingerprint density at radius 1 is 1.00 bits per heavy atom. The minimum Gasteiger partial charge on any atom is -0.494 e. The lowest BCUT2D eigenvalue weighted by Crippen LogP contribution is -2.51. The molecule has 1 aromatic heterocycles. The highest BCUT2D eigenvalue weighted by atomic mass is 127. The Morgan fingerprint density at radius 3 is 2.21 bits per heavy atom. The van der Waals surface area contributed by atoms with Crippen molar-refractivity contribution in [3.8, 4) is 17.6 Å². The van der Waals surface area contributed by atoms with Crippen molar-refractivity contribution in [2.45, 2.75) is 30.4 Å². The van der Waals surface area contributed by atoms with Gasteiger partial charge in [-0.1, -0.05) is 34.4 Å². The Morgan fingerprint density at radius 2 is 1.62 bits per heavy atom. The van der Waals surface area contributed by atoms with Crippen molar-refractivity contribution in [2.24, 2.45) is 5.73 Å². The first-order valence-corrected chi connectivity index (χ1v) is 16.9. The van der Waals surface area contributed by atoms with Gasteiger partial charge in [0, 0.05) is 47.6 Å². The lowest BCUT2D eigenvalue weighted by Gasteiger charge is -2.17. The van der Waals surface area contributed by atoms with Crippen LogP contribution >= 0.6 is 22.6 Å². The summed E-state index contributed by atoms with van der Waals surface area (Å²) in [5.74, 6) is 4.32. The van der Waals surface area contributed by atoms with Gasteiger partial charge in [-0.2, -0.15) is 16.8 Å². The summed E-state index contributed by atoms with van der Waals surface area (Å²) in [5, 5.41) is 3.23. The number of aromatic nitrogens is 1. The van der Waals surface area contributed by atoms with Crippen LogP contribution in [0.1, 0.15) is 28.9 Å². The van der Waals surface area contributed by atoms with Gasteiger partial charge in [0.1, 0.15) is 5.75 Å². The van der Waals surface area contributed by atoms with Gasteiger partial charge in [0.05, 0.1) is 12.3 Å². The number of carbonyl (C=O) groups is 2. The summed E-state index contributed by atoms with van der Waals surface area (Å²) >= 11 is 2.23. The molecule has 7 N–H and O–H groups in total. The largest absolute Gasteiger partial charge is 0.494 e. The maximum atomic E-state index is 12.3. The number of halogens is 1. The molecule has 2 atom stereocenters. The Labute approximate surface area is 258 Å². The van der Waals surface area contributed by atoms with Crippen LogP contribution in [0.25, 0.3) is 0 Å². The highest BCUT2D eigenvalue weighted by molar-refractivity contribution is 14.1. The Kier molecular flexibility index (Phi) is 14.0. The number of aryl methyl sites for hydroxylation is 1. The van der Waals surface area contributed by atoms with Gasteiger partial charge >= 0.3 is 0 Å². The molecule has 0 saturated heterocycles. The van der Waals surface area contributed by atoms with Gasteiger partial charge in [-0.25, -0.2) is 0 Å². The summed E-state index contributed by atoms with van der Waals surface area (Å²) in [4.78, 5) is 28.7. The van der Waals surface area contributed by atoms with Crippen LogP contribution in [-0.4, -0.2) is 84.0 Å². The third-order valence-electron chi connectivity index (χ3n) is 5.48. The van der Waals surface area contributed by atoms with Gasteiger partial charge in [0.15, 0.2) is 10.5 Å². The van der Waals surface area contributed by atoms with E-state index in [2.05, 4.69) is 50.0 Å². The zero-order valence-electron chi connectivity index (χ0n) is 22.5. The monoisotopic (exact) mass is 737 g/mol. The van der Waals surface area contributed by atoms with Crippen LogP contribution in [0.15, 0.2) is 36.4 Å². The molecule has 1 heterocycles. The molecule has 2 amide bonds. The standard InChI is InChI=1S/C25H32IN5O9S2/c1-17-11-19(12-20(31-17)14-28-16-26)4-3-18-5-7-21(8-6-18)40-10-2-9-29-25(33)23(42(37,38)39)15-30-24(32)22(13-27)41(34,35)36/h5-8,11-12,22-23,28H,2,9-10,13-16,27H2,1H3,(H,29,33)(H,30,32)(H,34,35,36)(H,37,38,39). The molecule has 0 aliphatic rings. The van der Waals surface area contributed by atoms with E-state index in [9.17, 15) is 31.0 Å². The predicted molar refractivity (Wildman–Crippen MR) is 163 cm³/mol. The third-order valence-corrected chi connectivity index (χ3v) is 8.25.